The maximum Gasteiger partial charge on any atom is 0.0750 e. The minimum atomic E-state index is -0.0500. The van der Waals surface area contributed by atoms with Gasteiger partial charge in [-0.1, -0.05) is 38.1 Å². The Labute approximate surface area is 108 Å². The zero-order valence-electron chi connectivity index (χ0n) is 10.9. The second kappa shape index (κ2) is 5.94. The highest BCUT2D eigenvalue weighted by Gasteiger charge is 2.13. The fourth-order valence-electron chi connectivity index (χ4n) is 2.06. The van der Waals surface area contributed by atoms with Gasteiger partial charge in [0.05, 0.1) is 18.2 Å². The van der Waals surface area contributed by atoms with Crippen LogP contribution in [0.2, 0.25) is 0 Å². The lowest BCUT2D eigenvalue weighted by molar-refractivity contribution is 0.241. The van der Waals surface area contributed by atoms with Crippen LogP contribution in [-0.4, -0.2) is 23.2 Å². The molecule has 2 N–H and O–H groups in total. The molecule has 1 aromatic carbocycles. The summed E-state index contributed by atoms with van der Waals surface area (Å²) in [5.41, 5.74) is 2.03. The fraction of sp³-hybridized carbons (Fsp3) is 0.400. The van der Waals surface area contributed by atoms with Gasteiger partial charge in [0.15, 0.2) is 0 Å². The first kappa shape index (κ1) is 13.0. The van der Waals surface area contributed by atoms with Crippen LogP contribution >= 0.6 is 0 Å². The summed E-state index contributed by atoms with van der Waals surface area (Å²) in [4.78, 5) is 4.43. The topological polar surface area (TPSA) is 45.1 Å². The van der Waals surface area contributed by atoms with Crippen LogP contribution in [0, 0.1) is 5.92 Å². The lowest BCUT2D eigenvalue weighted by Gasteiger charge is -2.19. The Morgan fingerprint density at radius 1 is 1.22 bits per heavy atom. The summed E-state index contributed by atoms with van der Waals surface area (Å²) in [6, 6.07) is 10.0. The zero-order chi connectivity index (χ0) is 13.0. The van der Waals surface area contributed by atoms with E-state index in [4.69, 9.17) is 0 Å². The van der Waals surface area contributed by atoms with Crippen LogP contribution in [0.15, 0.2) is 36.5 Å². The van der Waals surface area contributed by atoms with Crippen molar-refractivity contribution in [3.05, 3.63) is 42.1 Å². The van der Waals surface area contributed by atoms with Crippen molar-refractivity contribution in [2.45, 2.75) is 19.9 Å². The van der Waals surface area contributed by atoms with E-state index >= 15 is 0 Å². The summed E-state index contributed by atoms with van der Waals surface area (Å²) in [6.45, 7) is 5.28. The molecule has 2 rings (SSSR count). The van der Waals surface area contributed by atoms with Crippen molar-refractivity contribution in [2.75, 3.05) is 13.2 Å². The van der Waals surface area contributed by atoms with Crippen LogP contribution < -0.4 is 5.32 Å². The smallest absolute Gasteiger partial charge is 0.0750 e. The number of fused-ring (bicyclic) bond motifs is 1. The third-order valence-electron chi connectivity index (χ3n) is 2.99. The molecule has 0 aliphatic rings. The zero-order valence-corrected chi connectivity index (χ0v) is 10.9. The number of rotatable bonds is 5. The van der Waals surface area contributed by atoms with E-state index in [1.165, 1.54) is 0 Å². The third kappa shape index (κ3) is 2.86. The van der Waals surface area contributed by atoms with E-state index in [1.807, 2.05) is 30.3 Å². The molecule has 3 nitrogen and oxygen atoms in total. The van der Waals surface area contributed by atoms with Crippen molar-refractivity contribution in [1.29, 1.82) is 0 Å². The molecule has 1 aromatic heterocycles. The molecule has 18 heavy (non-hydrogen) atoms. The van der Waals surface area contributed by atoms with Crippen molar-refractivity contribution < 1.29 is 5.11 Å². The predicted octanol–water partition coefficient (Wildman–Crippen LogP) is 2.51. The van der Waals surface area contributed by atoms with Gasteiger partial charge in [-0.3, -0.25) is 4.98 Å². The Morgan fingerprint density at radius 3 is 2.72 bits per heavy atom. The molecule has 0 aliphatic heterocycles. The van der Waals surface area contributed by atoms with Crippen LogP contribution in [0.4, 0.5) is 0 Å². The number of benzene rings is 1. The summed E-state index contributed by atoms with van der Waals surface area (Å²) < 4.78 is 0. The standard InChI is InChI=1S/C15H20N2O/c1-11(2)9-17-14(10-18)13-7-3-5-12-6-4-8-16-15(12)13/h3-8,11,14,17-18H,9-10H2,1-2H3. The number of nitrogens with one attached hydrogen (secondary N) is 1. The van der Waals surface area contributed by atoms with E-state index in [2.05, 4.69) is 24.1 Å². The molecular weight excluding hydrogens is 224 g/mol. The Kier molecular flexibility index (Phi) is 4.28. The van der Waals surface area contributed by atoms with E-state index in [0.29, 0.717) is 5.92 Å². The molecule has 1 heterocycles. The Hall–Kier alpha value is -1.45. The van der Waals surface area contributed by atoms with Crippen LogP contribution in [0.25, 0.3) is 10.9 Å². The highest BCUT2D eigenvalue weighted by molar-refractivity contribution is 5.82. The molecule has 0 radical (unpaired) electrons. The Bertz CT molecular complexity index is 505. The maximum absolute atomic E-state index is 9.56. The van der Waals surface area contributed by atoms with Crippen molar-refractivity contribution in [3.63, 3.8) is 0 Å². The molecular formula is C15H20N2O. The highest BCUT2D eigenvalue weighted by Crippen LogP contribution is 2.22. The number of aliphatic hydroxyl groups excluding tert-OH is 1. The summed E-state index contributed by atoms with van der Waals surface area (Å²) in [7, 11) is 0. The number of hydrogen-bond donors (Lipinski definition) is 2. The van der Waals surface area contributed by atoms with E-state index in [0.717, 1.165) is 23.0 Å². The number of para-hydroxylation sites is 1. The Balaban J connectivity index is 2.32. The lowest BCUT2D eigenvalue weighted by atomic mass is 10.0. The number of aliphatic hydroxyl groups is 1. The van der Waals surface area contributed by atoms with Gasteiger partial charge < -0.3 is 10.4 Å². The highest BCUT2D eigenvalue weighted by atomic mass is 16.3. The molecule has 0 saturated carbocycles. The first-order chi connectivity index (χ1) is 8.72. The van der Waals surface area contributed by atoms with Crippen molar-refractivity contribution in [3.8, 4) is 0 Å². The van der Waals surface area contributed by atoms with E-state index in [1.54, 1.807) is 6.20 Å². The molecule has 0 fully saturated rings. The number of aromatic nitrogens is 1. The number of pyridine rings is 1. The van der Waals surface area contributed by atoms with Gasteiger partial charge in [-0.05, 0) is 24.1 Å². The van der Waals surface area contributed by atoms with Crippen molar-refractivity contribution >= 4 is 10.9 Å². The maximum atomic E-state index is 9.56. The first-order valence-corrected chi connectivity index (χ1v) is 6.40. The van der Waals surface area contributed by atoms with Crippen molar-refractivity contribution in [1.82, 2.24) is 10.3 Å². The molecule has 0 bridgehead atoms. The average Bonchev–Trinajstić information content (AvgIpc) is 2.39. The molecule has 0 saturated heterocycles. The van der Waals surface area contributed by atoms with E-state index in [9.17, 15) is 5.11 Å². The van der Waals surface area contributed by atoms with Crippen LogP contribution in [0.5, 0.6) is 0 Å². The van der Waals surface area contributed by atoms with Gasteiger partial charge in [0.1, 0.15) is 0 Å². The van der Waals surface area contributed by atoms with Gasteiger partial charge in [-0.15, -0.1) is 0 Å². The molecule has 1 unspecified atom stereocenters. The van der Waals surface area contributed by atoms with Gasteiger partial charge in [-0.25, -0.2) is 0 Å². The number of nitrogens with zero attached hydrogens (tertiary/aromatic N) is 1. The van der Waals surface area contributed by atoms with Gasteiger partial charge in [-0.2, -0.15) is 0 Å². The van der Waals surface area contributed by atoms with Crippen LogP contribution in [-0.2, 0) is 0 Å². The van der Waals surface area contributed by atoms with Crippen LogP contribution in [0.1, 0.15) is 25.5 Å². The van der Waals surface area contributed by atoms with Gasteiger partial charge in [0, 0.05) is 11.6 Å². The SMILES string of the molecule is CC(C)CNC(CO)c1cccc2cccnc12. The summed E-state index contributed by atoms with van der Waals surface area (Å²) >= 11 is 0. The summed E-state index contributed by atoms with van der Waals surface area (Å²) in [6.07, 6.45) is 1.79. The quantitative estimate of drug-likeness (QED) is 0.849. The molecule has 3 heteroatoms. The molecule has 2 aromatic rings. The monoisotopic (exact) mass is 244 g/mol. The van der Waals surface area contributed by atoms with Gasteiger partial charge >= 0.3 is 0 Å². The largest absolute Gasteiger partial charge is 0.394 e. The molecule has 0 spiro atoms. The normalized spacial score (nSPS) is 13.1. The van der Waals surface area contributed by atoms with Crippen LogP contribution in [0.3, 0.4) is 0 Å². The summed E-state index contributed by atoms with van der Waals surface area (Å²) in [5, 5.41) is 14.1. The minimum Gasteiger partial charge on any atom is -0.394 e. The first-order valence-electron chi connectivity index (χ1n) is 6.40. The lowest BCUT2D eigenvalue weighted by Crippen LogP contribution is -2.28. The summed E-state index contributed by atoms with van der Waals surface area (Å²) in [5.74, 6) is 0.557. The van der Waals surface area contributed by atoms with E-state index in [-0.39, 0.29) is 12.6 Å². The van der Waals surface area contributed by atoms with Gasteiger partial charge in [0.25, 0.3) is 0 Å². The molecule has 1 atom stereocenters. The third-order valence-corrected chi connectivity index (χ3v) is 2.99. The molecule has 96 valence electrons. The average molecular weight is 244 g/mol. The number of hydrogen-bond acceptors (Lipinski definition) is 3. The predicted molar refractivity (Wildman–Crippen MR) is 74.4 cm³/mol. The van der Waals surface area contributed by atoms with Gasteiger partial charge in [0.2, 0.25) is 0 Å². The molecule has 0 amide bonds. The van der Waals surface area contributed by atoms with E-state index < -0.39 is 0 Å². The Morgan fingerprint density at radius 2 is 2.00 bits per heavy atom. The second-order valence-corrected chi connectivity index (χ2v) is 4.96. The fourth-order valence-corrected chi connectivity index (χ4v) is 2.06. The second-order valence-electron chi connectivity index (χ2n) is 4.96. The minimum absolute atomic E-state index is 0.0500. The molecule has 0 aliphatic carbocycles. The van der Waals surface area contributed by atoms with Crippen molar-refractivity contribution in [2.24, 2.45) is 5.92 Å².